The minimum absolute atomic E-state index is 0.00859. The number of carbonyl (C=O) groups is 1. The molecule has 1 aliphatic carbocycles. The summed E-state index contributed by atoms with van der Waals surface area (Å²) in [6, 6.07) is 5.99. The Balaban J connectivity index is 1.82. The molecule has 1 aliphatic rings. The first-order chi connectivity index (χ1) is 16.7. The number of hydrogen-bond donors (Lipinski definition) is 2. The number of nitrogens with zero attached hydrogens (tertiary/aromatic N) is 2. The van der Waals surface area contributed by atoms with Gasteiger partial charge < -0.3 is 24.6 Å². The number of rotatable bonds is 9. The average molecular weight is 505 g/mol. The number of pyridine rings is 1. The molecule has 0 bridgehead atoms. The van der Waals surface area contributed by atoms with Crippen molar-refractivity contribution in [3.05, 3.63) is 50.1 Å². The molecular weight excluding hydrogens is 468 g/mol. The summed E-state index contributed by atoms with van der Waals surface area (Å²) in [6.07, 6.45) is 4.51. The Kier molecular flexibility index (Phi) is 9.08. The van der Waals surface area contributed by atoms with E-state index in [4.69, 9.17) is 21.1 Å². The van der Waals surface area contributed by atoms with Crippen molar-refractivity contribution in [1.82, 2.24) is 15.2 Å². The molecule has 9 heteroatoms. The van der Waals surface area contributed by atoms with Crippen LogP contribution in [0.4, 0.5) is 5.69 Å². The molecule has 1 amide bonds. The molecule has 2 N–H and O–H groups in total. The number of benzene rings is 1. The summed E-state index contributed by atoms with van der Waals surface area (Å²) >= 11 is 6.49. The van der Waals surface area contributed by atoms with Gasteiger partial charge in [-0.2, -0.15) is 0 Å². The summed E-state index contributed by atoms with van der Waals surface area (Å²) < 4.78 is 10.4. The van der Waals surface area contributed by atoms with Gasteiger partial charge in [-0.15, -0.1) is 0 Å². The Bertz CT molecular complexity index is 1090. The smallest absolute Gasteiger partial charge is 0.251 e. The van der Waals surface area contributed by atoms with Crippen molar-refractivity contribution in [1.29, 1.82) is 0 Å². The van der Waals surface area contributed by atoms with E-state index in [1.54, 1.807) is 6.07 Å². The first-order valence-corrected chi connectivity index (χ1v) is 12.4. The summed E-state index contributed by atoms with van der Waals surface area (Å²) in [7, 11) is 7.20. The van der Waals surface area contributed by atoms with Gasteiger partial charge in [-0.3, -0.25) is 14.6 Å². The van der Waals surface area contributed by atoms with Crippen LogP contribution >= 0.6 is 11.6 Å². The molecule has 1 fully saturated rings. The van der Waals surface area contributed by atoms with Gasteiger partial charge in [0.2, 0.25) is 5.88 Å². The van der Waals surface area contributed by atoms with Gasteiger partial charge in [0, 0.05) is 41.0 Å². The molecule has 0 radical (unpaired) electrons. The van der Waals surface area contributed by atoms with Gasteiger partial charge >= 0.3 is 0 Å². The molecule has 35 heavy (non-hydrogen) atoms. The number of halogens is 1. The maximum absolute atomic E-state index is 13.2. The van der Waals surface area contributed by atoms with E-state index in [2.05, 4.69) is 41.1 Å². The van der Waals surface area contributed by atoms with Gasteiger partial charge in [-0.25, -0.2) is 0 Å². The predicted molar refractivity (Wildman–Crippen MR) is 140 cm³/mol. The normalized spacial score (nSPS) is 17.8. The fourth-order valence-corrected chi connectivity index (χ4v) is 5.18. The second kappa shape index (κ2) is 11.8. The highest BCUT2D eigenvalue weighted by atomic mass is 35.5. The SMILES string of the molecule is CCN(c1cc(Cl)cc(C(=O)NCc2c(OC)[nH]c(OC)cc2=O)c1C)C1CCC(N(C)C)CC1. The van der Waals surface area contributed by atoms with Crippen molar-refractivity contribution in [2.24, 2.45) is 0 Å². The number of amides is 1. The van der Waals surface area contributed by atoms with Crippen LogP contribution in [0.15, 0.2) is 23.0 Å². The van der Waals surface area contributed by atoms with Crippen LogP contribution in [0.3, 0.4) is 0 Å². The molecule has 0 atom stereocenters. The summed E-state index contributed by atoms with van der Waals surface area (Å²) in [6.45, 7) is 4.93. The minimum atomic E-state index is -0.295. The number of aromatic amines is 1. The van der Waals surface area contributed by atoms with Gasteiger partial charge in [0.05, 0.1) is 26.3 Å². The summed E-state index contributed by atoms with van der Waals surface area (Å²) in [5.74, 6) is 0.246. The molecule has 0 aliphatic heterocycles. The highest BCUT2D eigenvalue weighted by Crippen LogP contribution is 2.34. The van der Waals surface area contributed by atoms with Gasteiger partial charge in [-0.1, -0.05) is 11.6 Å². The lowest BCUT2D eigenvalue weighted by atomic mass is 9.89. The highest BCUT2D eigenvalue weighted by Gasteiger charge is 2.28. The molecule has 1 aromatic carbocycles. The van der Waals surface area contributed by atoms with E-state index in [1.165, 1.54) is 20.3 Å². The van der Waals surface area contributed by atoms with Crippen LogP contribution in [0.1, 0.15) is 54.1 Å². The van der Waals surface area contributed by atoms with E-state index >= 15 is 0 Å². The van der Waals surface area contributed by atoms with Crippen LogP contribution in [-0.4, -0.2) is 62.7 Å². The maximum Gasteiger partial charge on any atom is 0.251 e. The molecule has 1 aromatic heterocycles. The van der Waals surface area contributed by atoms with E-state index in [9.17, 15) is 9.59 Å². The Labute approximate surface area is 212 Å². The number of carbonyl (C=O) groups excluding carboxylic acids is 1. The fraction of sp³-hybridized carbons (Fsp3) is 0.538. The van der Waals surface area contributed by atoms with Crippen molar-refractivity contribution in [2.45, 2.75) is 58.2 Å². The summed E-state index contributed by atoms with van der Waals surface area (Å²) in [5.41, 5.74) is 2.38. The topological polar surface area (TPSA) is 86.9 Å². The molecule has 1 heterocycles. The first-order valence-electron chi connectivity index (χ1n) is 12.1. The predicted octanol–water partition coefficient (Wildman–Crippen LogP) is 3.98. The van der Waals surface area contributed by atoms with Crippen LogP contribution in [0.2, 0.25) is 5.02 Å². The van der Waals surface area contributed by atoms with Crippen molar-refractivity contribution >= 4 is 23.2 Å². The molecule has 192 valence electrons. The van der Waals surface area contributed by atoms with Crippen molar-refractivity contribution in [3.63, 3.8) is 0 Å². The summed E-state index contributed by atoms with van der Waals surface area (Å²) in [5, 5.41) is 3.37. The second-order valence-electron chi connectivity index (χ2n) is 9.21. The van der Waals surface area contributed by atoms with Crippen molar-refractivity contribution in [2.75, 3.05) is 39.8 Å². The molecule has 1 saturated carbocycles. The third-order valence-electron chi connectivity index (χ3n) is 7.00. The molecule has 0 unspecified atom stereocenters. The van der Waals surface area contributed by atoms with E-state index < -0.39 is 0 Å². The number of H-pyrrole nitrogens is 1. The lowest BCUT2D eigenvalue weighted by Gasteiger charge is -2.40. The van der Waals surface area contributed by atoms with E-state index in [0.29, 0.717) is 28.2 Å². The molecule has 2 aromatic rings. The summed E-state index contributed by atoms with van der Waals surface area (Å²) in [4.78, 5) is 33.3. The van der Waals surface area contributed by atoms with Gasteiger partial charge in [0.1, 0.15) is 0 Å². The maximum atomic E-state index is 13.2. The number of ether oxygens (including phenoxy) is 2. The van der Waals surface area contributed by atoms with Gasteiger partial charge in [0.15, 0.2) is 11.3 Å². The highest BCUT2D eigenvalue weighted by molar-refractivity contribution is 6.31. The zero-order valence-corrected chi connectivity index (χ0v) is 22.3. The second-order valence-corrected chi connectivity index (χ2v) is 9.64. The zero-order chi connectivity index (χ0) is 25.7. The lowest BCUT2D eigenvalue weighted by molar-refractivity contribution is 0.0950. The van der Waals surface area contributed by atoms with Crippen LogP contribution in [-0.2, 0) is 6.54 Å². The van der Waals surface area contributed by atoms with Crippen LogP contribution in [0, 0.1) is 6.92 Å². The Morgan fingerprint density at radius 2 is 1.77 bits per heavy atom. The van der Waals surface area contributed by atoms with E-state index in [1.807, 2.05) is 13.0 Å². The Morgan fingerprint density at radius 3 is 2.34 bits per heavy atom. The lowest BCUT2D eigenvalue weighted by Crippen LogP contribution is -2.42. The number of nitrogens with one attached hydrogen (secondary N) is 2. The quantitative estimate of drug-likeness (QED) is 0.537. The Morgan fingerprint density at radius 1 is 1.11 bits per heavy atom. The third kappa shape index (κ3) is 6.11. The third-order valence-corrected chi connectivity index (χ3v) is 7.22. The fourth-order valence-electron chi connectivity index (χ4n) is 4.97. The molecule has 3 rings (SSSR count). The number of aromatic nitrogens is 1. The van der Waals surface area contributed by atoms with Crippen LogP contribution in [0.5, 0.6) is 11.8 Å². The van der Waals surface area contributed by atoms with Crippen LogP contribution < -0.4 is 25.1 Å². The monoisotopic (exact) mass is 504 g/mol. The number of methoxy groups -OCH3 is 2. The van der Waals surface area contributed by atoms with Crippen molar-refractivity contribution < 1.29 is 14.3 Å². The number of hydrogen-bond acceptors (Lipinski definition) is 6. The van der Waals surface area contributed by atoms with E-state index in [-0.39, 0.29) is 29.6 Å². The molecule has 0 saturated heterocycles. The van der Waals surface area contributed by atoms with Gasteiger partial charge in [0.25, 0.3) is 5.91 Å². The van der Waals surface area contributed by atoms with Gasteiger partial charge in [-0.05, 0) is 71.3 Å². The average Bonchev–Trinajstić information content (AvgIpc) is 2.85. The largest absolute Gasteiger partial charge is 0.482 e. The minimum Gasteiger partial charge on any atom is -0.482 e. The molecule has 0 spiro atoms. The Hall–Kier alpha value is -2.71. The standard InChI is InChI=1S/C26H37ClN4O4/c1-7-31(19-10-8-18(9-11-19)30(3)4)22-13-17(27)12-20(16(22)2)25(33)28-15-21-23(32)14-24(34-5)29-26(21)35-6/h12-14,18-19H,7-11,15H2,1-6H3,(H,28,33)(H,29,32). The van der Waals surface area contributed by atoms with Crippen molar-refractivity contribution in [3.8, 4) is 11.8 Å². The first kappa shape index (κ1) is 26.9. The van der Waals surface area contributed by atoms with E-state index in [0.717, 1.165) is 43.5 Å². The molecular formula is C26H37ClN4O4. The zero-order valence-electron chi connectivity index (χ0n) is 21.5. The van der Waals surface area contributed by atoms with Crippen LogP contribution in [0.25, 0.3) is 0 Å². The molecule has 8 nitrogen and oxygen atoms in total. The number of anilines is 1.